The number of pyridine rings is 1. The largest absolute Gasteiger partial charge is 0.483 e. The third-order valence-electron chi connectivity index (χ3n) is 4.95. The van der Waals surface area contributed by atoms with E-state index in [0.717, 1.165) is 10.9 Å². The Kier molecular flexibility index (Phi) is 4.96. The first kappa shape index (κ1) is 19.7. The molecule has 3 aromatic rings. The summed E-state index contributed by atoms with van der Waals surface area (Å²) in [5.41, 5.74) is 2.55. The molecule has 0 unspecified atom stereocenters. The summed E-state index contributed by atoms with van der Waals surface area (Å²) < 4.78 is 31.2. The van der Waals surface area contributed by atoms with Crippen molar-refractivity contribution in [2.24, 2.45) is 0 Å². The molecule has 0 radical (unpaired) electrons. The van der Waals surface area contributed by atoms with Crippen LogP contribution in [-0.4, -0.2) is 38.1 Å². The summed E-state index contributed by atoms with van der Waals surface area (Å²) in [5, 5.41) is 1.32. The number of rotatable bonds is 5. The molecule has 0 saturated heterocycles. The van der Waals surface area contributed by atoms with E-state index < -0.39 is 10.0 Å². The van der Waals surface area contributed by atoms with Crippen molar-refractivity contribution in [2.45, 2.75) is 19.4 Å². The number of benzene rings is 2. The quantitative estimate of drug-likeness (QED) is 0.574. The lowest BCUT2D eigenvalue weighted by molar-refractivity contribution is 0.0922. The molecule has 0 bridgehead atoms. The van der Waals surface area contributed by atoms with Crippen LogP contribution in [0.1, 0.15) is 22.8 Å². The fraction of sp³-hybridized carbons (Fsp3) is 0.238. The average Bonchev–Trinajstić information content (AvgIpc) is 3.02. The number of hydrogen-bond acceptors (Lipinski definition) is 5. The second-order valence-corrected chi connectivity index (χ2v) is 9.38. The summed E-state index contributed by atoms with van der Waals surface area (Å²) in [4.78, 5) is 17.0. The van der Waals surface area contributed by atoms with Crippen LogP contribution in [-0.2, 0) is 16.4 Å². The summed E-state index contributed by atoms with van der Waals surface area (Å²) in [6.07, 6.45) is 3.40. The molecular formula is C21H19ClN2O4S. The second-order valence-electron chi connectivity index (χ2n) is 7.11. The average molecular weight is 431 g/mol. The van der Waals surface area contributed by atoms with Gasteiger partial charge in [0.2, 0.25) is 10.0 Å². The maximum atomic E-state index is 12.7. The fourth-order valence-electron chi connectivity index (χ4n) is 3.74. The van der Waals surface area contributed by atoms with Crippen LogP contribution in [0.5, 0.6) is 5.75 Å². The van der Waals surface area contributed by atoms with E-state index in [2.05, 4.69) is 4.98 Å². The highest BCUT2D eigenvalue weighted by Gasteiger charge is 2.32. The standard InChI is InChI=1S/C21H19ClN2O4S/c1-13-10-15-11-14(5-7-18(15)24(13)29(2,26)27)19(25)12-28-20-8-6-17(22)16-4-3-9-23-21(16)20/h3-9,11,13H,10,12H2,1-2H3/t13-/m1/s1. The van der Waals surface area contributed by atoms with Crippen molar-refractivity contribution in [1.29, 1.82) is 0 Å². The minimum absolute atomic E-state index is 0.155. The monoisotopic (exact) mass is 430 g/mol. The first-order valence-corrected chi connectivity index (χ1v) is 11.3. The zero-order chi connectivity index (χ0) is 20.8. The van der Waals surface area contributed by atoms with Gasteiger partial charge in [-0.15, -0.1) is 0 Å². The Morgan fingerprint density at radius 1 is 1.28 bits per heavy atom. The van der Waals surface area contributed by atoms with Crippen molar-refractivity contribution in [2.75, 3.05) is 17.2 Å². The predicted octanol–water partition coefficient (Wildman–Crippen LogP) is 3.86. The van der Waals surface area contributed by atoms with Crippen molar-refractivity contribution in [3.8, 4) is 5.75 Å². The van der Waals surface area contributed by atoms with Gasteiger partial charge in [-0.2, -0.15) is 0 Å². The second kappa shape index (κ2) is 7.31. The highest BCUT2D eigenvalue weighted by Crippen LogP contribution is 2.35. The molecule has 1 aromatic heterocycles. The molecule has 2 heterocycles. The number of fused-ring (bicyclic) bond motifs is 2. The highest BCUT2D eigenvalue weighted by molar-refractivity contribution is 7.92. The Hall–Kier alpha value is -2.64. The van der Waals surface area contributed by atoms with Crippen LogP contribution in [0.2, 0.25) is 5.02 Å². The number of hydrogen-bond donors (Lipinski definition) is 0. The molecular weight excluding hydrogens is 412 g/mol. The number of Topliss-reactive ketones (excluding diaryl/α,β-unsaturated/α-hetero) is 1. The molecule has 1 aliphatic rings. The minimum atomic E-state index is -3.36. The van der Waals surface area contributed by atoms with Gasteiger partial charge in [-0.05, 0) is 61.4 Å². The SMILES string of the molecule is C[C@@H]1Cc2cc(C(=O)COc3ccc(Cl)c4cccnc34)ccc2N1S(C)(=O)=O. The lowest BCUT2D eigenvalue weighted by Gasteiger charge is -2.21. The number of halogens is 1. The number of sulfonamides is 1. The molecule has 4 rings (SSSR count). The molecule has 1 aliphatic heterocycles. The van der Waals surface area contributed by atoms with Gasteiger partial charge >= 0.3 is 0 Å². The first-order chi connectivity index (χ1) is 13.8. The molecule has 2 aromatic carbocycles. The van der Waals surface area contributed by atoms with Crippen LogP contribution < -0.4 is 9.04 Å². The molecule has 0 N–H and O–H groups in total. The first-order valence-electron chi connectivity index (χ1n) is 9.07. The highest BCUT2D eigenvalue weighted by atomic mass is 35.5. The van der Waals surface area contributed by atoms with Gasteiger partial charge in [-0.3, -0.25) is 14.1 Å². The normalized spacial score (nSPS) is 16.1. The van der Waals surface area contributed by atoms with Crippen LogP contribution in [0.25, 0.3) is 10.9 Å². The van der Waals surface area contributed by atoms with E-state index in [9.17, 15) is 13.2 Å². The van der Waals surface area contributed by atoms with E-state index >= 15 is 0 Å². The summed E-state index contributed by atoms with van der Waals surface area (Å²) in [6.45, 7) is 1.70. The smallest absolute Gasteiger partial charge is 0.232 e. The van der Waals surface area contributed by atoms with Gasteiger partial charge in [0.1, 0.15) is 11.3 Å². The third-order valence-corrected chi connectivity index (χ3v) is 6.55. The lowest BCUT2D eigenvalue weighted by atomic mass is 10.0. The molecule has 6 nitrogen and oxygen atoms in total. The van der Waals surface area contributed by atoms with E-state index in [4.69, 9.17) is 16.3 Å². The van der Waals surface area contributed by atoms with Gasteiger partial charge in [0.15, 0.2) is 12.4 Å². The maximum absolute atomic E-state index is 12.7. The Balaban J connectivity index is 1.55. The van der Waals surface area contributed by atoms with Crippen LogP contribution in [0.4, 0.5) is 5.69 Å². The van der Waals surface area contributed by atoms with Crippen molar-refractivity contribution in [1.82, 2.24) is 4.98 Å². The molecule has 0 spiro atoms. The number of nitrogens with zero attached hydrogens (tertiary/aromatic N) is 2. The minimum Gasteiger partial charge on any atom is -0.483 e. The summed E-state index contributed by atoms with van der Waals surface area (Å²) in [6, 6.07) is 11.9. The predicted molar refractivity (Wildman–Crippen MR) is 114 cm³/mol. The number of anilines is 1. The van der Waals surface area contributed by atoms with E-state index in [1.54, 1.807) is 42.6 Å². The van der Waals surface area contributed by atoms with Gasteiger partial charge in [0.25, 0.3) is 0 Å². The number of carbonyl (C=O) groups excluding carboxylic acids is 1. The molecule has 0 aliphatic carbocycles. The van der Waals surface area contributed by atoms with Crippen molar-refractivity contribution >= 4 is 44.0 Å². The van der Waals surface area contributed by atoms with Gasteiger partial charge < -0.3 is 4.74 Å². The molecule has 0 fully saturated rings. The van der Waals surface area contributed by atoms with Crippen LogP contribution in [0.3, 0.4) is 0 Å². The topological polar surface area (TPSA) is 76.6 Å². The molecule has 150 valence electrons. The van der Waals surface area contributed by atoms with Gasteiger partial charge in [0, 0.05) is 23.2 Å². The molecule has 8 heteroatoms. The fourth-order valence-corrected chi connectivity index (χ4v) is 5.22. The van der Waals surface area contributed by atoms with Crippen LogP contribution in [0, 0.1) is 0 Å². The van der Waals surface area contributed by atoms with Gasteiger partial charge in [0.05, 0.1) is 17.0 Å². The van der Waals surface area contributed by atoms with Gasteiger partial charge in [-0.25, -0.2) is 8.42 Å². The van der Waals surface area contributed by atoms with Crippen LogP contribution in [0.15, 0.2) is 48.7 Å². The maximum Gasteiger partial charge on any atom is 0.232 e. The summed E-state index contributed by atoms with van der Waals surface area (Å²) in [7, 11) is -3.36. The third kappa shape index (κ3) is 3.68. The Bertz CT molecular complexity index is 1230. The molecule has 0 amide bonds. The zero-order valence-electron chi connectivity index (χ0n) is 15.9. The van der Waals surface area contributed by atoms with E-state index in [1.165, 1.54) is 10.6 Å². The van der Waals surface area contributed by atoms with Crippen molar-refractivity contribution < 1.29 is 17.9 Å². The Morgan fingerprint density at radius 3 is 2.83 bits per heavy atom. The Labute approximate surface area is 174 Å². The summed E-state index contributed by atoms with van der Waals surface area (Å²) in [5.74, 6) is 0.286. The summed E-state index contributed by atoms with van der Waals surface area (Å²) >= 11 is 6.19. The number of ketones is 1. The number of carbonyl (C=O) groups is 1. The Morgan fingerprint density at radius 2 is 2.07 bits per heavy atom. The lowest BCUT2D eigenvalue weighted by Crippen LogP contribution is -2.34. The molecule has 0 saturated carbocycles. The molecule has 1 atom stereocenters. The number of ether oxygens (including phenoxy) is 1. The van der Waals surface area contributed by atoms with Crippen molar-refractivity contribution in [3.63, 3.8) is 0 Å². The van der Waals surface area contributed by atoms with Crippen LogP contribution >= 0.6 is 11.6 Å². The van der Waals surface area contributed by atoms with E-state index in [1.807, 2.05) is 13.0 Å². The zero-order valence-corrected chi connectivity index (χ0v) is 17.5. The molecule has 29 heavy (non-hydrogen) atoms. The number of aromatic nitrogens is 1. The van der Waals surface area contributed by atoms with Gasteiger partial charge in [-0.1, -0.05) is 11.6 Å². The van der Waals surface area contributed by atoms with E-state index in [0.29, 0.717) is 34.0 Å². The van der Waals surface area contributed by atoms with Crippen molar-refractivity contribution in [3.05, 3.63) is 64.8 Å². The van der Waals surface area contributed by atoms with E-state index in [-0.39, 0.29) is 18.4 Å².